The van der Waals surface area contributed by atoms with Gasteiger partial charge in [0.05, 0.1) is 31.5 Å². The molecule has 0 aromatic heterocycles. The minimum atomic E-state index is -1.18. The predicted octanol–water partition coefficient (Wildman–Crippen LogP) is 10.4. The van der Waals surface area contributed by atoms with Crippen molar-refractivity contribution in [1.29, 1.82) is 0 Å². The molecule has 2 N–H and O–H groups in total. The molecule has 2 heterocycles. The Hall–Kier alpha value is -1.84. The third kappa shape index (κ3) is 15.4. The molecule has 4 rings (SSSR count). The van der Waals surface area contributed by atoms with Crippen molar-refractivity contribution in [1.82, 2.24) is 19.2 Å². The second-order valence-electron chi connectivity index (χ2n) is 18.6. The molecule has 0 aliphatic carbocycles. The van der Waals surface area contributed by atoms with Gasteiger partial charge in [-0.2, -0.15) is 0 Å². The van der Waals surface area contributed by atoms with E-state index >= 15 is 0 Å². The number of nitrogens with zero attached hydrogens (tertiary/aromatic N) is 2. The van der Waals surface area contributed by atoms with Crippen LogP contribution in [0.15, 0.2) is 57.5 Å². The van der Waals surface area contributed by atoms with Crippen molar-refractivity contribution in [2.24, 2.45) is 11.8 Å². The van der Waals surface area contributed by atoms with E-state index in [0.717, 1.165) is 45.8 Å². The lowest BCUT2D eigenvalue weighted by Crippen LogP contribution is -2.45. The summed E-state index contributed by atoms with van der Waals surface area (Å²) in [6.45, 7) is 25.7. The minimum absolute atomic E-state index is 0.0450. The van der Waals surface area contributed by atoms with E-state index in [0.29, 0.717) is 26.2 Å². The van der Waals surface area contributed by atoms with Crippen molar-refractivity contribution in [3.63, 3.8) is 0 Å². The van der Waals surface area contributed by atoms with Gasteiger partial charge in [0, 0.05) is 47.2 Å². The van der Waals surface area contributed by atoms with Gasteiger partial charge in [0.15, 0.2) is 0 Å². The molecule has 2 fully saturated rings. The quantitative estimate of drug-likeness (QED) is 0.272. The molecule has 4 atom stereocenters. The molecular weight excluding hydrogens is 880 g/mol. The molecule has 2 amide bonds. The second kappa shape index (κ2) is 20.4. The van der Waals surface area contributed by atoms with Crippen LogP contribution in [0.4, 0.5) is 9.59 Å². The Bertz CT molecular complexity index is 1530. The van der Waals surface area contributed by atoms with Gasteiger partial charge < -0.3 is 19.3 Å². The average Bonchev–Trinajstić information content (AvgIpc) is 3.08. The van der Waals surface area contributed by atoms with E-state index in [9.17, 15) is 18.0 Å². The van der Waals surface area contributed by atoms with Crippen molar-refractivity contribution in [3.8, 4) is 0 Å². The lowest BCUT2D eigenvalue weighted by molar-refractivity contribution is 0.0162. The van der Waals surface area contributed by atoms with Crippen LogP contribution in [0.5, 0.6) is 0 Å². The zero-order valence-corrected chi connectivity index (χ0v) is 40.3. The van der Waals surface area contributed by atoms with Gasteiger partial charge in [-0.15, -0.1) is 0 Å². The van der Waals surface area contributed by atoms with Crippen LogP contribution in [-0.2, 0) is 31.4 Å². The molecule has 0 saturated carbocycles. The maximum absolute atomic E-state index is 12.8. The number of amides is 2. The van der Waals surface area contributed by atoms with E-state index < -0.39 is 33.2 Å². The van der Waals surface area contributed by atoms with Gasteiger partial charge in [-0.3, -0.25) is 0 Å². The Kier molecular flexibility index (Phi) is 17.7. The second-order valence-corrected chi connectivity index (χ2v) is 24.3. The van der Waals surface area contributed by atoms with Gasteiger partial charge in [-0.1, -0.05) is 68.3 Å². The molecular formula is C42H66Br2N4O6S2. The fraction of sp³-hybridized carbons (Fsp3) is 0.667. The minimum Gasteiger partial charge on any atom is -0.444 e. The molecule has 0 spiro atoms. The van der Waals surface area contributed by atoms with Crippen LogP contribution in [0.2, 0.25) is 0 Å². The molecule has 10 nitrogen and oxygen atoms in total. The topological polar surface area (TPSA) is 117 Å². The van der Waals surface area contributed by atoms with Gasteiger partial charge in [0.2, 0.25) is 0 Å². The number of nitrogens with one attached hydrogen (secondary N) is 2. The van der Waals surface area contributed by atoms with E-state index in [1.54, 1.807) is 9.80 Å². The molecule has 56 heavy (non-hydrogen) atoms. The Balaban J connectivity index is 0.000000300. The average molecular weight is 947 g/mol. The molecule has 2 aliphatic rings. The largest absolute Gasteiger partial charge is 0.444 e. The van der Waals surface area contributed by atoms with E-state index in [2.05, 4.69) is 53.4 Å². The highest BCUT2D eigenvalue weighted by Crippen LogP contribution is 2.37. The molecule has 2 saturated heterocycles. The van der Waals surface area contributed by atoms with Crippen molar-refractivity contribution in [2.75, 3.05) is 26.2 Å². The smallest absolute Gasteiger partial charge is 0.410 e. The highest BCUT2D eigenvalue weighted by Gasteiger charge is 2.36. The normalized spacial score (nSPS) is 18.6. The summed E-state index contributed by atoms with van der Waals surface area (Å²) in [5, 5.41) is 0. The van der Waals surface area contributed by atoms with Crippen LogP contribution >= 0.6 is 31.9 Å². The van der Waals surface area contributed by atoms with Crippen molar-refractivity contribution in [3.05, 3.63) is 68.6 Å². The van der Waals surface area contributed by atoms with Gasteiger partial charge in [-0.25, -0.2) is 27.5 Å². The summed E-state index contributed by atoms with van der Waals surface area (Å²) in [6.07, 6.45) is 2.82. The first-order chi connectivity index (χ1) is 25.8. The zero-order chi connectivity index (χ0) is 42.2. The summed E-state index contributed by atoms with van der Waals surface area (Å²) < 4.78 is 44.7. The van der Waals surface area contributed by atoms with Gasteiger partial charge in [0.1, 0.15) is 11.2 Å². The summed E-state index contributed by atoms with van der Waals surface area (Å²) in [5.74, 6) is 0.562. The molecule has 0 radical (unpaired) electrons. The fourth-order valence-electron chi connectivity index (χ4n) is 6.35. The number of piperidine rings is 2. The number of carbonyl (C=O) groups is 2. The maximum Gasteiger partial charge on any atom is 0.410 e. The zero-order valence-electron chi connectivity index (χ0n) is 35.5. The molecule has 2 aromatic carbocycles. The van der Waals surface area contributed by atoms with E-state index in [-0.39, 0.29) is 45.6 Å². The number of carbonyl (C=O) groups excluding carboxylic acids is 2. The molecule has 2 unspecified atom stereocenters. The molecule has 2 aromatic rings. The summed E-state index contributed by atoms with van der Waals surface area (Å²) in [5.41, 5.74) is 1.24. The first-order valence-corrected chi connectivity index (χ1v) is 23.5. The fourth-order valence-corrected chi connectivity index (χ4v) is 9.22. The van der Waals surface area contributed by atoms with Crippen LogP contribution in [0, 0.1) is 11.8 Å². The van der Waals surface area contributed by atoms with Crippen molar-refractivity contribution < 1.29 is 27.5 Å². The Morgan fingerprint density at radius 3 is 1.12 bits per heavy atom. The SMILES string of the molecule is CC(C)(C)OC(=O)N1CCC([C@@H](NS(=O)C(C)(C)C)c2ccccc2Br)CC1.CC(C)(C)OC(=O)N1CCC([C@H](NS(=O)C(C)(C)C)c2ccccc2Br)CC1. The summed E-state index contributed by atoms with van der Waals surface area (Å²) in [7, 11) is -2.37. The van der Waals surface area contributed by atoms with Crippen molar-refractivity contribution in [2.45, 2.75) is 142 Å². The number of hydrogen-bond donors (Lipinski definition) is 2. The number of likely N-dealkylation sites (tertiary alicyclic amines) is 2. The van der Waals surface area contributed by atoms with Crippen LogP contribution in [-0.4, -0.2) is 77.3 Å². The maximum atomic E-state index is 12.8. The Morgan fingerprint density at radius 2 is 0.875 bits per heavy atom. The highest BCUT2D eigenvalue weighted by molar-refractivity contribution is 9.10. The van der Waals surface area contributed by atoms with E-state index in [4.69, 9.17) is 9.47 Å². The predicted molar refractivity (Wildman–Crippen MR) is 237 cm³/mol. The van der Waals surface area contributed by atoms with Gasteiger partial charge >= 0.3 is 12.2 Å². The number of ether oxygens (including phenoxy) is 2. The van der Waals surface area contributed by atoms with Crippen molar-refractivity contribution >= 4 is 66.0 Å². The highest BCUT2D eigenvalue weighted by atomic mass is 79.9. The monoisotopic (exact) mass is 944 g/mol. The molecule has 14 heteroatoms. The number of hydrogen-bond acceptors (Lipinski definition) is 6. The number of benzene rings is 2. The first kappa shape index (κ1) is 48.5. The van der Waals surface area contributed by atoms with Crippen LogP contribution < -0.4 is 9.44 Å². The lowest BCUT2D eigenvalue weighted by atomic mass is 9.86. The molecule has 0 bridgehead atoms. The first-order valence-electron chi connectivity index (χ1n) is 19.6. The van der Waals surface area contributed by atoms with Crippen LogP contribution in [0.3, 0.4) is 0 Å². The summed E-state index contributed by atoms with van der Waals surface area (Å²) in [4.78, 5) is 28.3. The van der Waals surface area contributed by atoms with Gasteiger partial charge in [-0.05, 0) is 144 Å². The van der Waals surface area contributed by atoms with E-state index in [1.807, 2.05) is 119 Å². The number of rotatable bonds is 8. The standard InChI is InChI=1S/2C21H33BrN2O3S/c2*1-20(2,3)27-19(25)24-13-11-15(12-14-24)18(23-28(26)21(4,5)6)16-9-7-8-10-17(16)22/h2*7-10,15,18,23H,11-14H2,1-6H3/t2*18-,28?/m10/s1. The molecule has 316 valence electrons. The molecule has 2 aliphatic heterocycles. The van der Waals surface area contributed by atoms with Gasteiger partial charge in [0.25, 0.3) is 0 Å². The summed E-state index contributed by atoms with van der Waals surface area (Å²) in [6, 6.07) is 16.1. The van der Waals surface area contributed by atoms with E-state index in [1.165, 1.54) is 0 Å². The number of halogens is 2. The lowest BCUT2D eigenvalue weighted by Gasteiger charge is -2.38. The van der Waals surface area contributed by atoms with Crippen LogP contribution in [0.25, 0.3) is 0 Å². The Labute approximate surface area is 358 Å². The third-order valence-electron chi connectivity index (χ3n) is 9.39. The van der Waals surface area contributed by atoms with Crippen LogP contribution in [0.1, 0.15) is 132 Å². The summed E-state index contributed by atoms with van der Waals surface area (Å²) >= 11 is 7.30. The Morgan fingerprint density at radius 1 is 0.589 bits per heavy atom. The third-order valence-corrected chi connectivity index (χ3v) is 14.0.